The third-order valence-electron chi connectivity index (χ3n) is 4.89. The molecule has 1 aromatic heterocycles. The highest BCUT2D eigenvalue weighted by atomic mass is 35.5. The molecule has 0 fully saturated rings. The maximum Gasteiger partial charge on any atom is 0.243 e. The molecule has 0 saturated carbocycles. The topological polar surface area (TPSA) is 58.1 Å². The van der Waals surface area contributed by atoms with Crippen molar-refractivity contribution in [3.63, 3.8) is 0 Å². The smallest absolute Gasteiger partial charge is 0.243 e. The van der Waals surface area contributed by atoms with Crippen molar-refractivity contribution in [2.45, 2.75) is 19.9 Å². The average molecular weight is 463 g/mol. The van der Waals surface area contributed by atoms with Crippen molar-refractivity contribution in [2.75, 3.05) is 16.8 Å². The number of amides is 1. The van der Waals surface area contributed by atoms with Crippen LogP contribution in [0.2, 0.25) is 5.02 Å². The van der Waals surface area contributed by atoms with Gasteiger partial charge < -0.3 is 10.2 Å². The van der Waals surface area contributed by atoms with Crippen LogP contribution in [0.1, 0.15) is 22.5 Å². The van der Waals surface area contributed by atoms with E-state index in [2.05, 4.69) is 9.69 Å². The van der Waals surface area contributed by atoms with Gasteiger partial charge in [0.05, 0.1) is 6.54 Å². The number of nitrogens with one attached hydrogen (secondary N) is 1. The molecule has 1 amide bonds. The Balaban J connectivity index is 1.50. The quantitative estimate of drug-likeness (QED) is 0.363. The molecule has 7 heteroatoms. The van der Waals surface area contributed by atoms with Gasteiger partial charge in [-0.1, -0.05) is 71.8 Å². The van der Waals surface area contributed by atoms with Crippen LogP contribution >= 0.6 is 23.1 Å². The number of anilines is 2. The Morgan fingerprint density at radius 2 is 1.69 bits per heavy atom. The van der Waals surface area contributed by atoms with Gasteiger partial charge in [-0.3, -0.25) is 4.79 Å². The third kappa shape index (κ3) is 6.15. The van der Waals surface area contributed by atoms with Crippen LogP contribution in [0.5, 0.6) is 0 Å². The Hall–Kier alpha value is -3.22. The first-order valence-corrected chi connectivity index (χ1v) is 11.4. The molecule has 4 rings (SSSR count). The Morgan fingerprint density at radius 3 is 2.41 bits per heavy atom. The zero-order chi connectivity index (χ0) is 22.3. The molecule has 1 heterocycles. The number of nitrogens with zero attached hydrogens (tertiary/aromatic N) is 3. The van der Waals surface area contributed by atoms with Crippen LogP contribution in [0.15, 0.2) is 78.9 Å². The van der Waals surface area contributed by atoms with Gasteiger partial charge in [0.25, 0.3) is 0 Å². The molecule has 0 saturated heterocycles. The summed E-state index contributed by atoms with van der Waals surface area (Å²) in [7, 11) is 0. The van der Waals surface area contributed by atoms with Crippen LogP contribution in [-0.2, 0) is 17.8 Å². The number of rotatable bonds is 8. The second-order valence-corrected chi connectivity index (χ2v) is 8.72. The molecule has 162 valence electrons. The maximum atomic E-state index is 12.8. The number of halogens is 1. The molecule has 0 aliphatic rings. The Morgan fingerprint density at radius 1 is 0.969 bits per heavy atom. The fourth-order valence-electron chi connectivity index (χ4n) is 3.24. The van der Waals surface area contributed by atoms with Gasteiger partial charge in [0, 0.05) is 35.2 Å². The molecule has 0 aliphatic heterocycles. The van der Waals surface area contributed by atoms with E-state index in [0.717, 1.165) is 33.3 Å². The Bertz CT molecular complexity index is 1160. The van der Waals surface area contributed by atoms with Crippen LogP contribution < -0.4 is 10.2 Å². The van der Waals surface area contributed by atoms with Gasteiger partial charge in [-0.25, -0.2) is 4.98 Å². The second kappa shape index (κ2) is 10.4. The predicted molar refractivity (Wildman–Crippen MR) is 131 cm³/mol. The van der Waals surface area contributed by atoms with Gasteiger partial charge in [0.15, 0.2) is 0 Å². The van der Waals surface area contributed by atoms with E-state index in [9.17, 15) is 4.79 Å². The minimum Gasteiger partial charge on any atom is -0.333 e. The lowest BCUT2D eigenvalue weighted by Crippen LogP contribution is -2.33. The molecule has 0 aliphatic carbocycles. The summed E-state index contributed by atoms with van der Waals surface area (Å²) < 4.78 is 4.52. The van der Waals surface area contributed by atoms with Gasteiger partial charge >= 0.3 is 0 Å². The van der Waals surface area contributed by atoms with Crippen LogP contribution in [0.3, 0.4) is 0 Å². The summed E-state index contributed by atoms with van der Waals surface area (Å²) in [6.45, 7) is 2.76. The number of hydrogen-bond acceptors (Lipinski definition) is 5. The van der Waals surface area contributed by atoms with E-state index in [1.54, 1.807) is 0 Å². The molecule has 0 radical (unpaired) electrons. The first kappa shape index (κ1) is 22.0. The first-order chi connectivity index (χ1) is 15.5. The zero-order valence-electron chi connectivity index (χ0n) is 17.7. The van der Waals surface area contributed by atoms with Crippen LogP contribution in [-0.4, -0.2) is 21.8 Å². The lowest BCUT2D eigenvalue weighted by molar-refractivity contribution is -0.115. The Kier molecular flexibility index (Phi) is 7.14. The fourth-order valence-corrected chi connectivity index (χ4v) is 4.04. The van der Waals surface area contributed by atoms with E-state index >= 15 is 0 Å². The van der Waals surface area contributed by atoms with Gasteiger partial charge in [-0.2, -0.15) is 4.37 Å². The van der Waals surface area contributed by atoms with Crippen LogP contribution in [0.25, 0.3) is 0 Å². The summed E-state index contributed by atoms with van der Waals surface area (Å²) in [5, 5.41) is 4.39. The zero-order valence-corrected chi connectivity index (χ0v) is 19.2. The monoisotopic (exact) mass is 462 g/mol. The maximum absolute atomic E-state index is 12.8. The molecular formula is C25H23ClN4OS. The predicted octanol–water partition coefficient (Wildman–Crippen LogP) is 5.74. The van der Waals surface area contributed by atoms with E-state index in [-0.39, 0.29) is 12.5 Å². The van der Waals surface area contributed by atoms with Crippen molar-refractivity contribution in [3.05, 3.63) is 106 Å². The standard InChI is InChI=1S/C25H23ClN4OS/c1-18-7-13-22(14-8-18)27-24(31)17-30(16-20-5-3-2-4-6-20)25-28-23(29-32-25)15-19-9-11-21(26)12-10-19/h2-14H,15-17H2,1H3,(H,27,31). The van der Waals surface area contributed by atoms with E-state index in [1.807, 2.05) is 90.7 Å². The molecule has 5 nitrogen and oxygen atoms in total. The highest BCUT2D eigenvalue weighted by Crippen LogP contribution is 2.22. The largest absolute Gasteiger partial charge is 0.333 e. The van der Waals surface area contributed by atoms with Crippen molar-refractivity contribution < 1.29 is 4.79 Å². The third-order valence-corrected chi connectivity index (χ3v) is 5.96. The van der Waals surface area contributed by atoms with Gasteiger partial charge in [-0.05, 0) is 42.3 Å². The van der Waals surface area contributed by atoms with E-state index in [1.165, 1.54) is 11.5 Å². The second-order valence-electron chi connectivity index (χ2n) is 7.55. The highest BCUT2D eigenvalue weighted by Gasteiger charge is 2.17. The average Bonchev–Trinajstić information content (AvgIpc) is 3.26. The molecule has 0 atom stereocenters. The minimum absolute atomic E-state index is 0.0979. The van der Waals surface area contributed by atoms with Crippen molar-refractivity contribution in [1.29, 1.82) is 0 Å². The van der Waals surface area contributed by atoms with Gasteiger partial charge in [0.1, 0.15) is 5.82 Å². The van der Waals surface area contributed by atoms with Crippen molar-refractivity contribution in [1.82, 2.24) is 9.36 Å². The SMILES string of the molecule is Cc1ccc(NC(=O)CN(Cc2ccccc2)c2nc(Cc3ccc(Cl)cc3)ns2)cc1. The van der Waals surface area contributed by atoms with Crippen molar-refractivity contribution in [3.8, 4) is 0 Å². The van der Waals surface area contributed by atoms with Crippen LogP contribution in [0.4, 0.5) is 10.8 Å². The lowest BCUT2D eigenvalue weighted by atomic mass is 10.1. The van der Waals surface area contributed by atoms with E-state index in [4.69, 9.17) is 16.6 Å². The summed E-state index contributed by atoms with van der Waals surface area (Å²) in [5.41, 5.74) is 4.12. The molecule has 1 N–H and O–H groups in total. The number of hydrogen-bond donors (Lipinski definition) is 1. The molecule has 3 aromatic carbocycles. The summed E-state index contributed by atoms with van der Waals surface area (Å²) in [4.78, 5) is 19.5. The molecule has 0 unspecified atom stereocenters. The summed E-state index contributed by atoms with van der Waals surface area (Å²) in [5.74, 6) is 0.628. The van der Waals surface area contributed by atoms with Crippen molar-refractivity contribution >= 4 is 39.9 Å². The van der Waals surface area contributed by atoms with Crippen molar-refractivity contribution in [2.24, 2.45) is 0 Å². The molecule has 4 aromatic rings. The van der Waals surface area contributed by atoms with Crippen LogP contribution in [0, 0.1) is 6.92 Å². The number of carbonyl (C=O) groups excluding carboxylic acids is 1. The molecule has 0 bridgehead atoms. The normalized spacial score (nSPS) is 10.7. The van der Waals surface area contributed by atoms with Gasteiger partial charge in [-0.15, -0.1) is 0 Å². The first-order valence-electron chi connectivity index (χ1n) is 10.3. The number of aryl methyl sites for hydroxylation is 1. The minimum atomic E-state index is -0.0979. The van der Waals surface area contributed by atoms with E-state index in [0.29, 0.717) is 18.0 Å². The fraction of sp³-hybridized carbons (Fsp3) is 0.160. The van der Waals surface area contributed by atoms with E-state index < -0.39 is 0 Å². The summed E-state index contributed by atoms with van der Waals surface area (Å²) in [6.07, 6.45) is 0.614. The lowest BCUT2D eigenvalue weighted by Gasteiger charge is -2.21. The number of benzene rings is 3. The van der Waals surface area contributed by atoms with Gasteiger partial charge in [0.2, 0.25) is 11.0 Å². The summed E-state index contributed by atoms with van der Waals surface area (Å²) >= 11 is 7.29. The molecular weight excluding hydrogens is 440 g/mol. The summed E-state index contributed by atoms with van der Waals surface area (Å²) in [6, 6.07) is 25.5. The highest BCUT2D eigenvalue weighted by molar-refractivity contribution is 7.09. The molecule has 0 spiro atoms. The molecule has 32 heavy (non-hydrogen) atoms. The number of carbonyl (C=O) groups is 1. The Labute approximate surface area is 196 Å². The number of aromatic nitrogens is 2.